The Bertz CT molecular complexity index is 1040. The van der Waals surface area contributed by atoms with Gasteiger partial charge in [-0.25, -0.2) is 19.6 Å². The average molecular weight is 471 g/mol. The highest BCUT2D eigenvalue weighted by molar-refractivity contribution is 5.75. The van der Waals surface area contributed by atoms with Crippen molar-refractivity contribution in [1.29, 1.82) is 0 Å². The molecule has 10 heteroatoms. The molecule has 0 atom stereocenters. The molecule has 10 nitrogen and oxygen atoms in total. The number of rotatable bonds is 4. The molecule has 0 aromatic heterocycles. The van der Waals surface area contributed by atoms with Gasteiger partial charge in [-0.2, -0.15) is 0 Å². The molecule has 34 heavy (non-hydrogen) atoms. The number of hydrazine groups is 1. The fourth-order valence-electron chi connectivity index (χ4n) is 3.62. The number of aryl methyl sites for hydroxylation is 1. The van der Waals surface area contributed by atoms with Gasteiger partial charge in [0.25, 0.3) is 5.69 Å². The zero-order chi connectivity index (χ0) is 24.9. The Morgan fingerprint density at radius 1 is 0.971 bits per heavy atom. The van der Waals surface area contributed by atoms with E-state index in [0.29, 0.717) is 13.1 Å². The van der Waals surface area contributed by atoms with Crippen molar-refractivity contribution in [2.24, 2.45) is 0 Å². The van der Waals surface area contributed by atoms with E-state index in [1.165, 1.54) is 22.2 Å². The van der Waals surface area contributed by atoms with Crippen LogP contribution in [0.15, 0.2) is 48.5 Å². The van der Waals surface area contributed by atoms with Crippen LogP contribution in [0.25, 0.3) is 0 Å². The highest BCUT2D eigenvalue weighted by atomic mass is 16.6. The summed E-state index contributed by atoms with van der Waals surface area (Å²) in [4.78, 5) is 38.6. The Morgan fingerprint density at radius 2 is 1.59 bits per heavy atom. The topological polar surface area (TPSA) is 105 Å². The van der Waals surface area contributed by atoms with E-state index < -0.39 is 22.7 Å². The number of non-ortho nitro benzene ring substituents is 1. The summed E-state index contributed by atoms with van der Waals surface area (Å²) in [5.74, 6) is 0. The summed E-state index contributed by atoms with van der Waals surface area (Å²) >= 11 is 0. The number of benzene rings is 2. The van der Waals surface area contributed by atoms with Gasteiger partial charge in [0.1, 0.15) is 12.2 Å². The third-order valence-electron chi connectivity index (χ3n) is 5.21. The first-order valence-electron chi connectivity index (χ1n) is 11.0. The molecule has 0 unspecified atom stereocenters. The molecular formula is C24H30N4O6. The van der Waals surface area contributed by atoms with E-state index in [1.807, 2.05) is 35.2 Å². The second-order valence-corrected chi connectivity index (χ2v) is 8.98. The van der Waals surface area contributed by atoms with Crippen molar-refractivity contribution in [2.45, 2.75) is 39.9 Å². The van der Waals surface area contributed by atoms with E-state index in [-0.39, 0.29) is 25.4 Å². The zero-order valence-corrected chi connectivity index (χ0v) is 19.9. The fraction of sp³-hybridized carbons (Fsp3) is 0.417. The van der Waals surface area contributed by atoms with Crippen molar-refractivity contribution in [3.63, 3.8) is 0 Å². The monoisotopic (exact) mass is 470 g/mol. The number of carbonyl (C=O) groups is 2. The predicted octanol–water partition coefficient (Wildman–Crippen LogP) is 4.51. The van der Waals surface area contributed by atoms with Gasteiger partial charge in [0.15, 0.2) is 0 Å². The summed E-state index contributed by atoms with van der Waals surface area (Å²) in [5, 5.41) is 13.6. The van der Waals surface area contributed by atoms with E-state index in [0.717, 1.165) is 16.8 Å². The first-order chi connectivity index (χ1) is 16.0. The largest absolute Gasteiger partial charge is 0.443 e. The number of hydrogen-bond donors (Lipinski definition) is 0. The van der Waals surface area contributed by atoms with Crippen LogP contribution in [0.4, 0.5) is 21.0 Å². The van der Waals surface area contributed by atoms with Crippen LogP contribution in [0.1, 0.15) is 31.9 Å². The summed E-state index contributed by atoms with van der Waals surface area (Å²) in [6.07, 6.45) is -1.30. The van der Waals surface area contributed by atoms with Crippen LogP contribution in [0.2, 0.25) is 0 Å². The maximum atomic E-state index is 13.0. The number of nitrogens with zero attached hydrogens (tertiary/aromatic N) is 4. The summed E-state index contributed by atoms with van der Waals surface area (Å²) in [6.45, 7) is 8.29. The second-order valence-electron chi connectivity index (χ2n) is 8.98. The van der Waals surface area contributed by atoms with E-state index in [4.69, 9.17) is 9.47 Å². The molecular weight excluding hydrogens is 440 g/mol. The molecule has 0 N–H and O–H groups in total. The van der Waals surface area contributed by atoms with Gasteiger partial charge in [-0.3, -0.25) is 10.1 Å². The number of nitro groups is 1. The predicted molar refractivity (Wildman–Crippen MR) is 126 cm³/mol. The van der Waals surface area contributed by atoms with Gasteiger partial charge in [-0.15, -0.1) is 0 Å². The molecule has 1 fully saturated rings. The maximum Gasteiger partial charge on any atom is 0.429 e. The lowest BCUT2D eigenvalue weighted by atomic mass is 10.1. The van der Waals surface area contributed by atoms with E-state index in [1.54, 1.807) is 33.8 Å². The van der Waals surface area contributed by atoms with E-state index >= 15 is 0 Å². The first-order valence-corrected chi connectivity index (χ1v) is 11.0. The lowest BCUT2D eigenvalue weighted by Gasteiger charge is -2.33. The molecule has 1 aliphatic heterocycles. The maximum absolute atomic E-state index is 13.0. The van der Waals surface area contributed by atoms with Crippen LogP contribution in [0.3, 0.4) is 0 Å². The molecule has 1 heterocycles. The molecule has 2 aromatic carbocycles. The highest BCUT2D eigenvalue weighted by Gasteiger charge is 2.34. The molecule has 3 rings (SSSR count). The van der Waals surface area contributed by atoms with Crippen LogP contribution in [-0.2, 0) is 16.1 Å². The van der Waals surface area contributed by atoms with Crippen LogP contribution in [0, 0.1) is 17.0 Å². The van der Waals surface area contributed by atoms with Crippen LogP contribution >= 0.6 is 0 Å². The van der Waals surface area contributed by atoms with Gasteiger partial charge < -0.3 is 14.4 Å². The summed E-state index contributed by atoms with van der Waals surface area (Å²) < 4.78 is 11.0. The van der Waals surface area contributed by atoms with Crippen LogP contribution < -0.4 is 4.90 Å². The Labute approximate surface area is 198 Å². The van der Waals surface area contributed by atoms with Crippen molar-refractivity contribution >= 4 is 23.6 Å². The van der Waals surface area contributed by atoms with Crippen molar-refractivity contribution in [2.75, 3.05) is 31.1 Å². The van der Waals surface area contributed by atoms with Gasteiger partial charge in [-0.1, -0.05) is 30.3 Å². The molecule has 0 saturated carbocycles. The average Bonchev–Trinajstić information content (AvgIpc) is 3.00. The molecule has 0 bridgehead atoms. The normalized spacial score (nSPS) is 14.4. The number of carbonyl (C=O) groups excluding carboxylic acids is 2. The van der Waals surface area contributed by atoms with Gasteiger partial charge in [0.2, 0.25) is 0 Å². The number of amides is 2. The van der Waals surface area contributed by atoms with Gasteiger partial charge >= 0.3 is 12.2 Å². The lowest BCUT2D eigenvalue weighted by Crippen LogP contribution is -2.52. The standard InChI is InChI=1S/C24H30N4O6/c1-18-16-20(28(31)32)10-11-21(18)25-12-14-26(22(29)33-17-19-8-6-5-7-9-19)27(15-13-25)23(30)34-24(2,3)4/h5-11,16H,12-15,17H2,1-4H3. The number of ether oxygens (including phenoxy) is 2. The minimum Gasteiger partial charge on any atom is -0.443 e. The highest BCUT2D eigenvalue weighted by Crippen LogP contribution is 2.26. The third kappa shape index (κ3) is 6.37. The van der Waals surface area contributed by atoms with E-state index in [2.05, 4.69) is 0 Å². The van der Waals surface area contributed by atoms with Crippen LogP contribution in [-0.4, -0.2) is 58.9 Å². The molecule has 1 aliphatic rings. The SMILES string of the molecule is Cc1cc([N+](=O)[O-])ccc1N1CCN(C(=O)OCc2ccccc2)N(C(=O)OC(C)(C)C)CC1. The van der Waals surface area contributed by atoms with Gasteiger partial charge in [0.05, 0.1) is 18.0 Å². The van der Waals surface area contributed by atoms with Crippen molar-refractivity contribution in [3.05, 3.63) is 69.8 Å². The minimum atomic E-state index is -0.738. The van der Waals surface area contributed by atoms with Crippen molar-refractivity contribution in [1.82, 2.24) is 10.0 Å². The number of nitro benzene ring substituents is 1. The molecule has 2 aromatic rings. The van der Waals surface area contributed by atoms with Crippen LogP contribution in [0.5, 0.6) is 0 Å². The number of anilines is 1. The molecule has 0 aliphatic carbocycles. The fourth-order valence-corrected chi connectivity index (χ4v) is 3.62. The Kier molecular flexibility index (Phi) is 7.60. The minimum absolute atomic E-state index is 0.0116. The Hall–Kier alpha value is -3.82. The second kappa shape index (κ2) is 10.4. The van der Waals surface area contributed by atoms with Crippen molar-refractivity contribution < 1.29 is 24.0 Å². The first kappa shape index (κ1) is 24.8. The quantitative estimate of drug-likeness (QED) is 0.478. The summed E-state index contributed by atoms with van der Waals surface area (Å²) in [6, 6.07) is 13.9. The molecule has 0 spiro atoms. The zero-order valence-electron chi connectivity index (χ0n) is 19.9. The summed E-state index contributed by atoms with van der Waals surface area (Å²) in [7, 11) is 0. The molecule has 0 radical (unpaired) electrons. The molecule has 182 valence electrons. The Morgan fingerprint density at radius 3 is 2.15 bits per heavy atom. The van der Waals surface area contributed by atoms with E-state index in [9.17, 15) is 19.7 Å². The Balaban J connectivity index is 1.80. The van der Waals surface area contributed by atoms with Crippen molar-refractivity contribution in [3.8, 4) is 0 Å². The van der Waals surface area contributed by atoms with Gasteiger partial charge in [-0.05, 0) is 44.9 Å². The molecule has 2 amide bonds. The molecule has 1 saturated heterocycles. The smallest absolute Gasteiger partial charge is 0.429 e. The number of hydrogen-bond acceptors (Lipinski definition) is 7. The lowest BCUT2D eigenvalue weighted by molar-refractivity contribution is -0.384. The summed E-state index contributed by atoms with van der Waals surface area (Å²) in [5.41, 5.74) is 1.64. The third-order valence-corrected chi connectivity index (χ3v) is 5.21. The van der Waals surface area contributed by atoms with Gasteiger partial charge in [0, 0.05) is 30.9 Å².